The van der Waals surface area contributed by atoms with Crippen molar-refractivity contribution in [1.29, 1.82) is 0 Å². The summed E-state index contributed by atoms with van der Waals surface area (Å²) in [6, 6.07) is 3.68. The molecule has 4 aliphatic rings. The van der Waals surface area contributed by atoms with E-state index in [4.69, 9.17) is 17.0 Å². The normalized spacial score (nSPS) is 23.7. The molecule has 0 bridgehead atoms. The lowest BCUT2D eigenvalue weighted by Gasteiger charge is -2.27. The Kier molecular flexibility index (Phi) is 5.39. The van der Waals surface area contributed by atoms with Gasteiger partial charge in [-0.1, -0.05) is 18.3 Å². The number of anilines is 2. The molecule has 0 radical (unpaired) electrons. The summed E-state index contributed by atoms with van der Waals surface area (Å²) >= 11 is 4.91. The van der Waals surface area contributed by atoms with E-state index >= 15 is 0 Å². The number of dihydropyridines is 1. The molecule has 1 fully saturated rings. The fourth-order valence-corrected chi connectivity index (χ4v) is 4.53. The highest BCUT2D eigenvalue weighted by Crippen LogP contribution is 2.44. The van der Waals surface area contributed by atoms with Gasteiger partial charge in [0.05, 0.1) is 23.1 Å². The number of nitrogens with zero attached hydrogens (tertiary/aromatic N) is 2. The number of amides is 1. The van der Waals surface area contributed by atoms with Crippen LogP contribution in [0.5, 0.6) is 5.75 Å². The predicted molar refractivity (Wildman–Crippen MR) is 126 cm³/mol. The molecule has 4 N–H and O–H groups in total. The molecule has 1 saturated heterocycles. The van der Waals surface area contributed by atoms with Crippen LogP contribution in [0.15, 0.2) is 59.9 Å². The van der Waals surface area contributed by atoms with Crippen LogP contribution < -0.4 is 20.7 Å². The number of likely N-dealkylation sites (tertiary alicyclic amines) is 1. The number of ether oxygens (including phenoxy) is 1. The average Bonchev–Trinajstić information content (AvgIpc) is 3.44. The van der Waals surface area contributed by atoms with E-state index in [0.29, 0.717) is 17.4 Å². The zero-order chi connectivity index (χ0) is 23.1. The Labute approximate surface area is 196 Å². The number of hydroxylamine groups is 2. The van der Waals surface area contributed by atoms with Gasteiger partial charge >= 0.3 is 0 Å². The van der Waals surface area contributed by atoms with Crippen molar-refractivity contribution >= 4 is 40.3 Å². The van der Waals surface area contributed by atoms with Gasteiger partial charge in [-0.3, -0.25) is 14.8 Å². The average molecular weight is 466 g/mol. The van der Waals surface area contributed by atoms with Crippen LogP contribution in [0.1, 0.15) is 31.4 Å². The smallest absolute Gasteiger partial charge is 0.219 e. The van der Waals surface area contributed by atoms with Crippen LogP contribution >= 0.6 is 12.2 Å². The van der Waals surface area contributed by atoms with E-state index in [1.807, 2.05) is 41.5 Å². The van der Waals surface area contributed by atoms with Gasteiger partial charge in [0.25, 0.3) is 0 Å². The Morgan fingerprint density at radius 1 is 1.24 bits per heavy atom. The topological polar surface area (TPSA) is 106 Å². The number of carbonyl (C=O) groups excluding carboxylic acids is 2. The number of ketones is 1. The Hall–Kier alpha value is -3.63. The van der Waals surface area contributed by atoms with Crippen molar-refractivity contribution < 1.29 is 19.5 Å². The zero-order valence-corrected chi connectivity index (χ0v) is 18.7. The zero-order valence-electron chi connectivity index (χ0n) is 17.9. The Bertz CT molecular complexity index is 1190. The van der Waals surface area contributed by atoms with Gasteiger partial charge in [0, 0.05) is 37.4 Å². The third kappa shape index (κ3) is 3.98. The van der Waals surface area contributed by atoms with Gasteiger partial charge in [-0.05, 0) is 31.1 Å². The number of hydrogen-bond donors (Lipinski definition) is 4. The van der Waals surface area contributed by atoms with Crippen LogP contribution in [0.25, 0.3) is 0 Å². The van der Waals surface area contributed by atoms with Crippen LogP contribution in [0.4, 0.5) is 11.4 Å². The van der Waals surface area contributed by atoms with Crippen molar-refractivity contribution in [1.82, 2.24) is 15.3 Å². The SMILES string of the molecule is CC(=O)N1CCCC1c1cc2c(cc1OC1=CC(=O)C(=S)N(O)C1)NC(=C1C=CC=CN1)N2. The number of nitrogens with one attached hydrogen (secondary N) is 3. The Morgan fingerprint density at radius 3 is 2.73 bits per heavy atom. The summed E-state index contributed by atoms with van der Waals surface area (Å²) < 4.78 is 6.14. The van der Waals surface area contributed by atoms with Crippen LogP contribution in [0, 0.1) is 0 Å². The summed E-state index contributed by atoms with van der Waals surface area (Å²) in [7, 11) is 0. The molecule has 33 heavy (non-hydrogen) atoms. The first kappa shape index (κ1) is 21.2. The second-order valence-electron chi connectivity index (χ2n) is 8.15. The number of benzene rings is 1. The van der Waals surface area contributed by atoms with E-state index < -0.39 is 5.78 Å². The van der Waals surface area contributed by atoms with Gasteiger partial charge < -0.3 is 25.6 Å². The Morgan fingerprint density at radius 2 is 2.03 bits per heavy atom. The summed E-state index contributed by atoms with van der Waals surface area (Å²) in [5.74, 6) is 1.09. The molecule has 0 aromatic heterocycles. The number of allylic oxidation sites excluding steroid dienone is 3. The minimum atomic E-state index is -0.488. The van der Waals surface area contributed by atoms with Gasteiger partial charge in [0.1, 0.15) is 23.9 Å². The molecule has 1 aromatic rings. The fraction of sp³-hybridized carbons (Fsp3) is 0.261. The molecule has 1 amide bonds. The molecule has 4 aliphatic heterocycles. The second kappa shape index (κ2) is 8.38. The lowest BCUT2D eigenvalue weighted by molar-refractivity contribution is -0.129. The van der Waals surface area contributed by atoms with Crippen molar-refractivity contribution in [2.75, 3.05) is 23.7 Å². The summed E-state index contributed by atoms with van der Waals surface area (Å²) in [5, 5.41) is 20.6. The first-order valence-electron chi connectivity index (χ1n) is 10.7. The minimum absolute atomic E-state index is 0.000103. The molecule has 0 aliphatic carbocycles. The summed E-state index contributed by atoms with van der Waals surface area (Å²) in [6.07, 6.45) is 10.6. The first-order chi connectivity index (χ1) is 15.9. The number of rotatable bonds is 3. The lowest BCUT2D eigenvalue weighted by atomic mass is 10.0. The van der Waals surface area contributed by atoms with Crippen LogP contribution in [0.3, 0.4) is 0 Å². The maximum atomic E-state index is 12.3. The molecule has 0 saturated carbocycles. The monoisotopic (exact) mass is 465 g/mol. The largest absolute Gasteiger partial charge is 0.459 e. The second-order valence-corrected chi connectivity index (χ2v) is 8.53. The predicted octanol–water partition coefficient (Wildman–Crippen LogP) is 2.91. The molecule has 5 rings (SSSR count). The van der Waals surface area contributed by atoms with E-state index in [9.17, 15) is 14.8 Å². The molecular formula is C23H23N5O4S. The van der Waals surface area contributed by atoms with Crippen LogP contribution in [0.2, 0.25) is 0 Å². The molecule has 1 aromatic carbocycles. The van der Waals surface area contributed by atoms with Gasteiger partial charge in [-0.25, -0.2) is 5.06 Å². The third-order valence-corrected chi connectivity index (χ3v) is 6.36. The Balaban J connectivity index is 1.54. The maximum Gasteiger partial charge on any atom is 0.219 e. The summed E-state index contributed by atoms with van der Waals surface area (Å²) in [4.78, 5) is 26.0. The first-order valence-corrected chi connectivity index (χ1v) is 11.1. The molecule has 1 unspecified atom stereocenters. The van der Waals surface area contributed by atoms with Crippen LogP contribution in [-0.2, 0) is 9.59 Å². The quantitative estimate of drug-likeness (QED) is 0.502. The fourth-order valence-electron chi connectivity index (χ4n) is 4.41. The van der Waals surface area contributed by atoms with E-state index in [1.54, 1.807) is 6.92 Å². The summed E-state index contributed by atoms with van der Waals surface area (Å²) in [6.45, 7) is 2.21. The molecule has 4 heterocycles. The van der Waals surface area contributed by atoms with Crippen molar-refractivity contribution in [3.05, 3.63) is 65.5 Å². The molecule has 9 nitrogen and oxygen atoms in total. The van der Waals surface area contributed by atoms with Gasteiger partial charge in [-0.15, -0.1) is 0 Å². The van der Waals surface area contributed by atoms with Gasteiger partial charge in [-0.2, -0.15) is 0 Å². The van der Waals surface area contributed by atoms with E-state index in [2.05, 4.69) is 16.0 Å². The van der Waals surface area contributed by atoms with E-state index in [1.165, 1.54) is 6.08 Å². The maximum absolute atomic E-state index is 12.3. The van der Waals surface area contributed by atoms with Crippen LogP contribution in [-0.4, -0.2) is 44.9 Å². The van der Waals surface area contributed by atoms with Crippen molar-refractivity contribution in [2.45, 2.75) is 25.8 Å². The standard InChI is InChI=1S/C23H23N5O4S/c1-13(29)27-8-4-6-19(27)15-10-17-18(26-22(25-17)16-5-2-3-7-24-16)11-21(15)32-14-9-20(30)23(33)28(31)12-14/h2-3,5,7,9-11,19,24-26,31H,4,6,8,12H2,1H3. The number of fused-ring (bicyclic) bond motifs is 1. The molecular weight excluding hydrogens is 442 g/mol. The highest BCUT2D eigenvalue weighted by Gasteiger charge is 2.33. The lowest BCUT2D eigenvalue weighted by Crippen LogP contribution is -2.38. The van der Waals surface area contributed by atoms with Crippen molar-refractivity contribution in [3.8, 4) is 5.75 Å². The minimum Gasteiger partial charge on any atom is -0.459 e. The highest BCUT2D eigenvalue weighted by molar-refractivity contribution is 7.82. The van der Waals surface area contributed by atoms with E-state index in [0.717, 1.165) is 41.3 Å². The van der Waals surface area contributed by atoms with E-state index in [-0.39, 0.29) is 29.2 Å². The third-order valence-electron chi connectivity index (χ3n) is 5.95. The number of hydrogen-bond acceptors (Lipinski definition) is 8. The molecule has 0 spiro atoms. The number of carbonyl (C=O) groups is 2. The highest BCUT2D eigenvalue weighted by atomic mass is 32.1. The summed E-state index contributed by atoms with van der Waals surface area (Å²) in [5.41, 5.74) is 3.38. The van der Waals surface area contributed by atoms with Crippen molar-refractivity contribution in [3.63, 3.8) is 0 Å². The molecule has 10 heteroatoms. The van der Waals surface area contributed by atoms with Gasteiger partial charge in [0.2, 0.25) is 11.7 Å². The molecule has 170 valence electrons. The molecule has 1 atom stereocenters. The van der Waals surface area contributed by atoms with Crippen molar-refractivity contribution in [2.24, 2.45) is 0 Å². The number of thiocarbonyl (C=S) groups is 1. The van der Waals surface area contributed by atoms with Gasteiger partial charge in [0.15, 0.2) is 4.99 Å².